The first-order chi connectivity index (χ1) is 8.16. The summed E-state index contributed by atoms with van der Waals surface area (Å²) in [5, 5.41) is 4.57. The molecule has 1 aliphatic rings. The Morgan fingerprint density at radius 1 is 1.53 bits per heavy atom. The van der Waals surface area contributed by atoms with Gasteiger partial charge in [0.2, 0.25) is 5.91 Å². The second-order valence-corrected chi connectivity index (χ2v) is 5.13. The molecule has 7 heteroatoms. The highest BCUT2D eigenvalue weighted by atomic mass is 32.1. The van der Waals surface area contributed by atoms with Crippen LogP contribution < -0.4 is 5.73 Å². The van der Waals surface area contributed by atoms with Crippen LogP contribution in [-0.4, -0.2) is 52.0 Å². The van der Waals surface area contributed by atoms with Crippen LogP contribution in [-0.2, 0) is 11.3 Å². The molecule has 1 saturated heterocycles. The van der Waals surface area contributed by atoms with Crippen LogP contribution in [0, 0.1) is 0 Å². The molecular formula is C10H17N5OS. The molecule has 6 nitrogen and oxygen atoms in total. The Labute approximate surface area is 105 Å². The summed E-state index contributed by atoms with van der Waals surface area (Å²) in [6.07, 6.45) is 2.25. The minimum atomic E-state index is 0.187. The van der Waals surface area contributed by atoms with Gasteiger partial charge < -0.3 is 10.6 Å². The highest BCUT2D eigenvalue weighted by Gasteiger charge is 2.19. The Bertz CT molecular complexity index is 388. The lowest BCUT2D eigenvalue weighted by molar-refractivity contribution is -0.131. The molecule has 0 aliphatic carbocycles. The predicted molar refractivity (Wildman–Crippen MR) is 66.5 cm³/mol. The van der Waals surface area contributed by atoms with Crippen LogP contribution in [0.1, 0.15) is 18.5 Å². The van der Waals surface area contributed by atoms with E-state index in [4.69, 9.17) is 5.73 Å². The van der Waals surface area contributed by atoms with Crippen molar-refractivity contribution >= 4 is 22.4 Å². The Morgan fingerprint density at radius 3 is 2.82 bits per heavy atom. The molecular weight excluding hydrogens is 238 g/mol. The number of likely N-dealkylation sites (tertiary alicyclic amines) is 1. The van der Waals surface area contributed by atoms with Crippen molar-refractivity contribution in [2.45, 2.75) is 19.4 Å². The number of anilines is 1. The summed E-state index contributed by atoms with van der Waals surface area (Å²) in [7, 11) is 1.90. The third-order valence-electron chi connectivity index (χ3n) is 2.87. The number of hydrogen-bond acceptors (Lipinski definition) is 6. The quantitative estimate of drug-likeness (QED) is 0.830. The van der Waals surface area contributed by atoms with Gasteiger partial charge in [0, 0.05) is 31.2 Å². The highest BCUT2D eigenvalue weighted by molar-refractivity contribution is 7.09. The molecule has 0 atom stereocenters. The van der Waals surface area contributed by atoms with Gasteiger partial charge in [-0.05, 0) is 19.9 Å². The van der Waals surface area contributed by atoms with Crippen LogP contribution in [0.2, 0.25) is 0 Å². The lowest BCUT2D eigenvalue weighted by Gasteiger charge is -2.20. The van der Waals surface area contributed by atoms with Gasteiger partial charge in [0.05, 0.1) is 6.54 Å². The van der Waals surface area contributed by atoms with Crippen LogP contribution >= 0.6 is 11.5 Å². The molecule has 1 aliphatic heterocycles. The molecule has 0 saturated carbocycles. The maximum Gasteiger partial charge on any atom is 0.236 e. The number of nitrogen functional groups attached to an aromatic ring is 1. The summed E-state index contributed by atoms with van der Waals surface area (Å²) in [5.74, 6) is 0.187. The van der Waals surface area contributed by atoms with Gasteiger partial charge in [0.1, 0.15) is 10.7 Å². The molecule has 0 unspecified atom stereocenters. The summed E-state index contributed by atoms with van der Waals surface area (Å²) in [4.78, 5) is 15.7. The maximum absolute atomic E-state index is 11.9. The molecule has 2 rings (SSSR count). The molecule has 17 heavy (non-hydrogen) atoms. The summed E-state index contributed by atoms with van der Waals surface area (Å²) < 4.78 is 3.78. The number of hydrogen-bond donors (Lipinski definition) is 1. The van der Waals surface area contributed by atoms with Crippen molar-refractivity contribution in [3.8, 4) is 0 Å². The number of rotatable bonds is 4. The van der Waals surface area contributed by atoms with Gasteiger partial charge >= 0.3 is 0 Å². The minimum absolute atomic E-state index is 0.187. The number of aromatic nitrogens is 2. The van der Waals surface area contributed by atoms with E-state index in [0.717, 1.165) is 31.6 Å². The Hall–Kier alpha value is -1.21. The zero-order valence-corrected chi connectivity index (χ0v) is 10.7. The first kappa shape index (κ1) is 12.3. The van der Waals surface area contributed by atoms with Crippen molar-refractivity contribution in [1.82, 2.24) is 19.4 Å². The maximum atomic E-state index is 11.9. The molecule has 1 aromatic rings. The largest absolute Gasteiger partial charge is 0.388 e. The van der Waals surface area contributed by atoms with Crippen molar-refractivity contribution in [3.63, 3.8) is 0 Å². The Kier molecular flexibility index (Phi) is 3.90. The fourth-order valence-electron chi connectivity index (χ4n) is 1.93. The monoisotopic (exact) mass is 255 g/mol. The average Bonchev–Trinajstić information content (AvgIpc) is 2.90. The van der Waals surface area contributed by atoms with Crippen molar-refractivity contribution < 1.29 is 4.79 Å². The van der Waals surface area contributed by atoms with E-state index in [1.165, 1.54) is 11.5 Å². The molecule has 0 spiro atoms. The normalized spacial score (nSPS) is 15.8. The standard InChI is InChI=1S/C10H17N5OS/c1-14(6-8-10(11)17-13-12-8)7-9(16)15-4-2-3-5-15/h2-7,11H2,1H3. The van der Waals surface area contributed by atoms with Crippen molar-refractivity contribution in [2.24, 2.45) is 0 Å². The van der Waals surface area contributed by atoms with Gasteiger partial charge in [-0.15, -0.1) is 5.10 Å². The number of carbonyl (C=O) groups is 1. The Morgan fingerprint density at radius 2 is 2.24 bits per heavy atom. The van der Waals surface area contributed by atoms with E-state index in [0.29, 0.717) is 18.1 Å². The molecule has 1 fully saturated rings. The smallest absolute Gasteiger partial charge is 0.236 e. The number of carbonyl (C=O) groups excluding carboxylic acids is 1. The summed E-state index contributed by atoms with van der Waals surface area (Å²) in [6.45, 7) is 2.78. The molecule has 94 valence electrons. The minimum Gasteiger partial charge on any atom is -0.388 e. The summed E-state index contributed by atoms with van der Waals surface area (Å²) >= 11 is 1.19. The van der Waals surface area contributed by atoms with E-state index in [1.807, 2.05) is 16.8 Å². The van der Waals surface area contributed by atoms with Crippen molar-refractivity contribution in [3.05, 3.63) is 5.69 Å². The van der Waals surface area contributed by atoms with Crippen LogP contribution in [0.4, 0.5) is 5.00 Å². The van der Waals surface area contributed by atoms with Crippen LogP contribution in [0.25, 0.3) is 0 Å². The molecule has 0 bridgehead atoms. The number of nitrogens with two attached hydrogens (primary N) is 1. The van der Waals surface area contributed by atoms with Gasteiger partial charge in [-0.1, -0.05) is 4.49 Å². The fraction of sp³-hybridized carbons (Fsp3) is 0.700. The highest BCUT2D eigenvalue weighted by Crippen LogP contribution is 2.14. The Balaban J connectivity index is 1.82. The molecule has 0 radical (unpaired) electrons. The van der Waals surface area contributed by atoms with Gasteiger partial charge in [-0.2, -0.15) is 0 Å². The predicted octanol–water partition coefficient (Wildman–Crippen LogP) is 0.174. The van der Waals surface area contributed by atoms with Gasteiger partial charge in [0.25, 0.3) is 0 Å². The van der Waals surface area contributed by atoms with Gasteiger partial charge in [-0.3, -0.25) is 9.69 Å². The van der Waals surface area contributed by atoms with Gasteiger partial charge in [-0.25, -0.2) is 0 Å². The molecule has 1 amide bonds. The molecule has 2 N–H and O–H groups in total. The fourth-order valence-corrected chi connectivity index (χ4v) is 2.37. The van der Waals surface area contributed by atoms with E-state index in [2.05, 4.69) is 9.59 Å². The molecule has 0 aromatic carbocycles. The second kappa shape index (κ2) is 5.42. The van der Waals surface area contributed by atoms with Gasteiger partial charge in [0.15, 0.2) is 0 Å². The van der Waals surface area contributed by atoms with Crippen molar-refractivity contribution in [2.75, 3.05) is 32.4 Å². The lowest BCUT2D eigenvalue weighted by Crippen LogP contribution is -2.37. The lowest BCUT2D eigenvalue weighted by atomic mass is 10.4. The van der Waals surface area contributed by atoms with Crippen molar-refractivity contribution in [1.29, 1.82) is 0 Å². The second-order valence-electron chi connectivity index (χ2n) is 4.34. The van der Waals surface area contributed by atoms with E-state index >= 15 is 0 Å². The average molecular weight is 255 g/mol. The third-order valence-corrected chi connectivity index (χ3v) is 3.46. The number of nitrogens with zero attached hydrogens (tertiary/aromatic N) is 4. The zero-order valence-electron chi connectivity index (χ0n) is 9.93. The SMILES string of the molecule is CN(CC(=O)N1CCCC1)Cc1nnsc1N. The van der Waals surface area contributed by atoms with E-state index in [9.17, 15) is 4.79 Å². The molecule has 1 aromatic heterocycles. The van der Waals surface area contributed by atoms with E-state index < -0.39 is 0 Å². The van der Waals surface area contributed by atoms with E-state index in [1.54, 1.807) is 0 Å². The number of amides is 1. The third kappa shape index (κ3) is 3.13. The van der Waals surface area contributed by atoms with Crippen LogP contribution in [0.15, 0.2) is 0 Å². The zero-order chi connectivity index (χ0) is 12.3. The first-order valence-electron chi connectivity index (χ1n) is 5.70. The van der Waals surface area contributed by atoms with Crippen LogP contribution in [0.3, 0.4) is 0 Å². The first-order valence-corrected chi connectivity index (χ1v) is 6.47. The van der Waals surface area contributed by atoms with Crippen LogP contribution in [0.5, 0.6) is 0 Å². The molecule has 2 heterocycles. The summed E-state index contributed by atoms with van der Waals surface area (Å²) in [5.41, 5.74) is 6.47. The van der Waals surface area contributed by atoms with E-state index in [-0.39, 0.29) is 5.91 Å². The topological polar surface area (TPSA) is 75.4 Å². The number of likely N-dealkylation sites (N-methyl/N-ethyl adjacent to an activating group) is 1. The summed E-state index contributed by atoms with van der Waals surface area (Å²) in [6, 6.07) is 0.